The predicted molar refractivity (Wildman–Crippen MR) is 85.3 cm³/mol. The van der Waals surface area contributed by atoms with E-state index >= 15 is 0 Å². The van der Waals surface area contributed by atoms with Crippen molar-refractivity contribution < 1.29 is 9.59 Å². The molecule has 0 unspecified atom stereocenters. The second-order valence-corrected chi connectivity index (χ2v) is 6.04. The summed E-state index contributed by atoms with van der Waals surface area (Å²) in [4.78, 5) is 29.9. The molecule has 1 aliphatic rings. The molecule has 0 aromatic carbocycles. The molecule has 6 heteroatoms. The summed E-state index contributed by atoms with van der Waals surface area (Å²) in [5, 5.41) is 4.33. The van der Waals surface area contributed by atoms with Crippen molar-refractivity contribution in [3.8, 4) is 0 Å². The maximum absolute atomic E-state index is 12.4. The summed E-state index contributed by atoms with van der Waals surface area (Å²) in [6.45, 7) is 6.79. The van der Waals surface area contributed by atoms with Crippen LogP contribution in [0.15, 0.2) is 24.5 Å². The zero-order chi connectivity index (χ0) is 16.6. The van der Waals surface area contributed by atoms with E-state index in [1.54, 1.807) is 24.0 Å². The first-order valence-electron chi connectivity index (χ1n) is 7.70. The normalized spacial score (nSPS) is 14.7. The molecule has 1 saturated heterocycles. The van der Waals surface area contributed by atoms with Gasteiger partial charge in [-0.1, -0.05) is 0 Å². The van der Waals surface area contributed by atoms with Crippen molar-refractivity contribution in [2.45, 2.75) is 33.2 Å². The van der Waals surface area contributed by atoms with Crippen LogP contribution >= 0.6 is 0 Å². The van der Waals surface area contributed by atoms with Crippen molar-refractivity contribution in [1.82, 2.24) is 19.7 Å². The summed E-state index contributed by atoms with van der Waals surface area (Å²) < 4.78 is 1.63. The minimum atomic E-state index is -0.0135. The van der Waals surface area contributed by atoms with Crippen LogP contribution in [0, 0.1) is 13.8 Å². The lowest BCUT2D eigenvalue weighted by atomic mass is 9.92. The second kappa shape index (κ2) is 5.95. The van der Waals surface area contributed by atoms with E-state index in [9.17, 15) is 9.59 Å². The van der Waals surface area contributed by atoms with E-state index in [0.29, 0.717) is 17.2 Å². The molecule has 6 nitrogen and oxygen atoms in total. The summed E-state index contributed by atoms with van der Waals surface area (Å²) in [5.74, 6) is 0.409. The molecule has 0 bridgehead atoms. The van der Waals surface area contributed by atoms with E-state index in [0.717, 1.165) is 18.8 Å². The van der Waals surface area contributed by atoms with E-state index in [2.05, 4.69) is 10.1 Å². The zero-order valence-corrected chi connectivity index (χ0v) is 13.6. The first kappa shape index (κ1) is 15.4. The van der Waals surface area contributed by atoms with Crippen molar-refractivity contribution in [2.24, 2.45) is 0 Å². The maximum Gasteiger partial charge on any atom is 0.244 e. The third-order valence-electron chi connectivity index (χ3n) is 4.43. The Kier molecular flexibility index (Phi) is 3.98. The lowest BCUT2D eigenvalue weighted by Crippen LogP contribution is -2.49. The van der Waals surface area contributed by atoms with Gasteiger partial charge in [-0.05, 0) is 38.5 Å². The lowest BCUT2D eigenvalue weighted by molar-refractivity contribution is -0.136. The van der Waals surface area contributed by atoms with Crippen molar-refractivity contribution in [1.29, 1.82) is 0 Å². The van der Waals surface area contributed by atoms with Crippen LogP contribution in [0.4, 0.5) is 0 Å². The number of hydrogen-bond acceptors (Lipinski definition) is 4. The number of likely N-dealkylation sites (tertiary alicyclic amines) is 1. The Bertz CT molecular complexity index is 745. The predicted octanol–water partition coefficient (Wildman–Crippen LogP) is 1.72. The van der Waals surface area contributed by atoms with Crippen LogP contribution in [0.2, 0.25) is 0 Å². The number of pyridine rings is 1. The molecule has 0 aliphatic carbocycles. The monoisotopic (exact) mass is 312 g/mol. The molecule has 2 aromatic heterocycles. The minimum Gasteiger partial charge on any atom is -0.340 e. The van der Waals surface area contributed by atoms with E-state index in [-0.39, 0.29) is 18.2 Å². The number of Topliss-reactive ketones (excluding diaryl/α,β-unsaturated/α-hetero) is 1. The van der Waals surface area contributed by atoms with Gasteiger partial charge in [0.05, 0.1) is 11.3 Å². The van der Waals surface area contributed by atoms with Crippen molar-refractivity contribution in [3.05, 3.63) is 47.0 Å². The lowest BCUT2D eigenvalue weighted by Gasteiger charge is -2.39. The minimum absolute atomic E-state index is 0.0135. The van der Waals surface area contributed by atoms with E-state index < -0.39 is 0 Å². The SMILES string of the molecule is CC(=O)c1c(C)nn(CC(=O)N2CC(c3ccncc3)C2)c1C. The number of aromatic nitrogens is 3. The largest absolute Gasteiger partial charge is 0.340 e. The Morgan fingerprint density at radius 1 is 1.22 bits per heavy atom. The van der Waals surface area contributed by atoms with Crippen molar-refractivity contribution in [2.75, 3.05) is 13.1 Å². The van der Waals surface area contributed by atoms with Crippen molar-refractivity contribution in [3.63, 3.8) is 0 Å². The van der Waals surface area contributed by atoms with Crippen LogP contribution in [-0.2, 0) is 11.3 Å². The summed E-state index contributed by atoms with van der Waals surface area (Å²) in [7, 11) is 0. The Morgan fingerprint density at radius 2 is 1.87 bits per heavy atom. The van der Waals surface area contributed by atoms with Gasteiger partial charge in [0.1, 0.15) is 6.54 Å². The molecule has 1 fully saturated rings. The standard InChI is InChI=1S/C17H20N4O2/c1-11-17(13(3)22)12(2)21(19-11)10-16(23)20-8-15(9-20)14-4-6-18-7-5-14/h4-7,15H,8-10H2,1-3H3. The summed E-state index contributed by atoms with van der Waals surface area (Å²) >= 11 is 0. The van der Waals surface area contributed by atoms with Crippen molar-refractivity contribution >= 4 is 11.7 Å². The molecular formula is C17H20N4O2. The number of hydrogen-bond donors (Lipinski definition) is 0. The molecule has 0 atom stereocenters. The first-order valence-corrected chi connectivity index (χ1v) is 7.70. The number of rotatable bonds is 4. The van der Waals surface area contributed by atoms with E-state index in [1.807, 2.05) is 24.0 Å². The van der Waals surface area contributed by atoms with Gasteiger partial charge in [-0.2, -0.15) is 5.10 Å². The number of nitrogens with zero attached hydrogens (tertiary/aromatic N) is 4. The van der Waals surface area contributed by atoms with Gasteiger partial charge in [0.15, 0.2) is 5.78 Å². The highest BCUT2D eigenvalue weighted by atomic mass is 16.2. The fraction of sp³-hybridized carbons (Fsp3) is 0.412. The van der Waals surface area contributed by atoms with Gasteiger partial charge >= 0.3 is 0 Å². The van der Waals surface area contributed by atoms with Gasteiger partial charge in [0, 0.05) is 37.1 Å². The average molecular weight is 312 g/mol. The Balaban J connectivity index is 1.63. The smallest absolute Gasteiger partial charge is 0.244 e. The molecule has 0 spiro atoms. The molecule has 0 N–H and O–H groups in total. The summed E-state index contributed by atoms with van der Waals surface area (Å²) in [6, 6.07) is 3.99. The van der Waals surface area contributed by atoms with Gasteiger partial charge in [0.25, 0.3) is 0 Å². The highest BCUT2D eigenvalue weighted by Gasteiger charge is 2.32. The molecule has 3 rings (SSSR count). The van der Waals surface area contributed by atoms with Gasteiger partial charge < -0.3 is 4.90 Å². The van der Waals surface area contributed by atoms with Gasteiger partial charge in [-0.15, -0.1) is 0 Å². The van der Waals surface area contributed by atoms with Crippen LogP contribution in [-0.4, -0.2) is 44.4 Å². The Hall–Kier alpha value is -2.50. The molecule has 120 valence electrons. The average Bonchev–Trinajstić information content (AvgIpc) is 2.72. The topological polar surface area (TPSA) is 68.1 Å². The number of carbonyl (C=O) groups is 2. The molecule has 0 radical (unpaired) electrons. The number of ketones is 1. The molecule has 1 amide bonds. The van der Waals surface area contributed by atoms with Crippen LogP contribution in [0.3, 0.4) is 0 Å². The third kappa shape index (κ3) is 2.88. The fourth-order valence-corrected chi connectivity index (χ4v) is 3.12. The van der Waals surface area contributed by atoms with E-state index in [1.165, 1.54) is 12.5 Å². The molecule has 23 heavy (non-hydrogen) atoms. The highest BCUT2D eigenvalue weighted by molar-refractivity contribution is 5.96. The van der Waals surface area contributed by atoms with E-state index in [4.69, 9.17) is 0 Å². The number of carbonyl (C=O) groups excluding carboxylic acids is 2. The van der Waals surface area contributed by atoms with Crippen LogP contribution in [0.5, 0.6) is 0 Å². The second-order valence-electron chi connectivity index (χ2n) is 6.04. The third-order valence-corrected chi connectivity index (χ3v) is 4.43. The summed E-state index contributed by atoms with van der Waals surface area (Å²) in [5.41, 5.74) is 3.28. The maximum atomic E-state index is 12.4. The Morgan fingerprint density at radius 3 is 2.43 bits per heavy atom. The van der Waals surface area contributed by atoms with Gasteiger partial charge in [0.2, 0.25) is 5.91 Å². The number of aryl methyl sites for hydroxylation is 1. The Labute approximate surface area is 135 Å². The quantitative estimate of drug-likeness (QED) is 0.806. The van der Waals surface area contributed by atoms with Crippen LogP contribution in [0.25, 0.3) is 0 Å². The number of amides is 1. The van der Waals surface area contributed by atoms with Gasteiger partial charge in [-0.3, -0.25) is 19.3 Å². The van der Waals surface area contributed by atoms with Crippen LogP contribution in [0.1, 0.15) is 40.2 Å². The fourth-order valence-electron chi connectivity index (χ4n) is 3.12. The molecule has 0 saturated carbocycles. The van der Waals surface area contributed by atoms with Gasteiger partial charge in [-0.25, -0.2) is 0 Å². The summed E-state index contributed by atoms with van der Waals surface area (Å²) in [6.07, 6.45) is 3.55. The van der Waals surface area contributed by atoms with Crippen LogP contribution < -0.4 is 0 Å². The first-order chi connectivity index (χ1) is 11.0. The highest BCUT2D eigenvalue weighted by Crippen LogP contribution is 2.26. The molecular weight excluding hydrogens is 292 g/mol. The zero-order valence-electron chi connectivity index (χ0n) is 13.6. The molecule has 2 aromatic rings. The molecule has 3 heterocycles. The molecule has 1 aliphatic heterocycles.